The molecule has 5 aromatic rings. The van der Waals surface area contributed by atoms with E-state index in [-0.39, 0.29) is 17.7 Å². The summed E-state index contributed by atoms with van der Waals surface area (Å²) in [5.41, 5.74) is 2.77. The van der Waals surface area contributed by atoms with Crippen LogP contribution in [0.15, 0.2) is 102 Å². The Labute approximate surface area is 256 Å². The summed E-state index contributed by atoms with van der Waals surface area (Å²) in [6.07, 6.45) is 1.76. The molecule has 2 amide bonds. The maximum absolute atomic E-state index is 13.3. The lowest BCUT2D eigenvalue weighted by molar-refractivity contribution is -0.123. The van der Waals surface area contributed by atoms with E-state index in [1.807, 2.05) is 73.7 Å². The van der Waals surface area contributed by atoms with Gasteiger partial charge < -0.3 is 9.47 Å². The predicted molar refractivity (Wildman–Crippen MR) is 174 cm³/mol. The third-order valence-electron chi connectivity index (χ3n) is 6.91. The molecule has 5 nitrogen and oxygen atoms in total. The Hall–Kier alpha value is -3.82. The van der Waals surface area contributed by atoms with Gasteiger partial charge in [0, 0.05) is 0 Å². The lowest BCUT2D eigenvalue weighted by Gasteiger charge is -2.15. The molecular formula is C34H26INO4S. The lowest BCUT2D eigenvalue weighted by Crippen LogP contribution is -2.27. The van der Waals surface area contributed by atoms with Crippen molar-refractivity contribution in [3.05, 3.63) is 122 Å². The largest absolute Gasteiger partial charge is 0.490 e. The monoisotopic (exact) mass is 671 g/mol. The molecule has 6 rings (SSSR count). The number of carbonyl (C=O) groups is 2. The van der Waals surface area contributed by atoms with Gasteiger partial charge in [-0.1, -0.05) is 78.9 Å². The smallest absolute Gasteiger partial charge is 0.293 e. The van der Waals surface area contributed by atoms with Crippen LogP contribution in [0.2, 0.25) is 0 Å². The summed E-state index contributed by atoms with van der Waals surface area (Å²) in [5.74, 6) is 0.959. The highest BCUT2D eigenvalue weighted by Gasteiger charge is 2.35. The van der Waals surface area contributed by atoms with Gasteiger partial charge in [-0.05, 0) is 104 Å². The van der Waals surface area contributed by atoms with Crippen molar-refractivity contribution < 1.29 is 19.1 Å². The number of nitrogens with zero attached hydrogens (tertiary/aromatic N) is 1. The highest BCUT2D eigenvalue weighted by Crippen LogP contribution is 2.38. The number of rotatable bonds is 8. The normalized spacial score (nSPS) is 14.4. The molecule has 7 heteroatoms. The van der Waals surface area contributed by atoms with Crippen LogP contribution in [-0.4, -0.2) is 22.7 Å². The van der Waals surface area contributed by atoms with Crippen molar-refractivity contribution in [1.82, 2.24) is 4.90 Å². The van der Waals surface area contributed by atoms with E-state index in [4.69, 9.17) is 9.47 Å². The molecule has 1 heterocycles. The van der Waals surface area contributed by atoms with Crippen molar-refractivity contribution in [1.29, 1.82) is 0 Å². The van der Waals surface area contributed by atoms with E-state index in [0.717, 1.165) is 48.2 Å². The quantitative estimate of drug-likeness (QED) is 0.122. The van der Waals surface area contributed by atoms with Crippen LogP contribution in [0.4, 0.5) is 4.79 Å². The van der Waals surface area contributed by atoms with Gasteiger partial charge in [-0.25, -0.2) is 0 Å². The first kappa shape index (κ1) is 27.4. The molecule has 1 saturated heterocycles. The molecule has 0 unspecified atom stereocenters. The number of hydrogen-bond acceptors (Lipinski definition) is 5. The minimum Gasteiger partial charge on any atom is -0.490 e. The van der Waals surface area contributed by atoms with Crippen molar-refractivity contribution in [3.63, 3.8) is 0 Å². The molecule has 0 spiro atoms. The first-order chi connectivity index (χ1) is 20.0. The molecule has 204 valence electrons. The number of thioether (sulfide) groups is 1. The van der Waals surface area contributed by atoms with Gasteiger partial charge in [0.05, 0.1) is 21.6 Å². The SMILES string of the molecule is CCOc1cc(/C=C2/SC(=O)N(Cc3cccc4ccccc34)C2=O)cc(I)c1OCc1ccc2ccccc2c1. The van der Waals surface area contributed by atoms with Crippen LogP contribution >= 0.6 is 34.4 Å². The van der Waals surface area contributed by atoms with Gasteiger partial charge in [0.1, 0.15) is 6.61 Å². The number of carbonyl (C=O) groups excluding carboxylic acids is 2. The molecule has 0 aliphatic carbocycles. The van der Waals surface area contributed by atoms with E-state index in [1.54, 1.807) is 6.08 Å². The minimum absolute atomic E-state index is 0.229. The number of fused-ring (bicyclic) bond motifs is 2. The fourth-order valence-corrected chi connectivity index (χ4v) is 6.57. The van der Waals surface area contributed by atoms with Gasteiger partial charge in [-0.2, -0.15) is 0 Å². The standard InChI is InChI=1S/C34H26INO4S/c1-2-39-30-18-23(17-29(35)32(30)40-21-22-14-15-24-8-3-4-10-26(24)16-22)19-31-33(37)36(34(38)41-31)20-27-12-7-11-25-9-5-6-13-28(25)27/h3-19H,2,20-21H2,1H3/b31-19+. The van der Waals surface area contributed by atoms with Crippen LogP contribution in [0.5, 0.6) is 11.5 Å². The average molecular weight is 672 g/mol. The van der Waals surface area contributed by atoms with E-state index in [0.29, 0.717) is 29.6 Å². The summed E-state index contributed by atoms with van der Waals surface area (Å²) in [6.45, 7) is 3.01. The van der Waals surface area contributed by atoms with Crippen LogP contribution in [0, 0.1) is 3.57 Å². The van der Waals surface area contributed by atoms with Crippen LogP contribution in [0.1, 0.15) is 23.6 Å². The van der Waals surface area contributed by atoms with Crippen molar-refractivity contribution in [2.75, 3.05) is 6.61 Å². The first-order valence-electron chi connectivity index (χ1n) is 13.3. The molecule has 0 N–H and O–H groups in total. The summed E-state index contributed by atoms with van der Waals surface area (Å²) in [4.78, 5) is 27.9. The number of amides is 2. The molecule has 0 saturated carbocycles. The lowest BCUT2D eigenvalue weighted by atomic mass is 10.0. The Morgan fingerprint density at radius 2 is 1.59 bits per heavy atom. The summed E-state index contributed by atoms with van der Waals surface area (Å²) < 4.78 is 13.0. The van der Waals surface area contributed by atoms with Gasteiger partial charge in [0.2, 0.25) is 0 Å². The summed E-state index contributed by atoms with van der Waals surface area (Å²) >= 11 is 3.19. The van der Waals surface area contributed by atoms with Crippen molar-refractivity contribution in [2.45, 2.75) is 20.1 Å². The van der Waals surface area contributed by atoms with Gasteiger partial charge in [-0.15, -0.1) is 0 Å². The second-order valence-electron chi connectivity index (χ2n) is 9.64. The molecular weight excluding hydrogens is 645 g/mol. The Kier molecular flexibility index (Phi) is 7.98. The van der Waals surface area contributed by atoms with Crippen LogP contribution in [0.3, 0.4) is 0 Å². The first-order valence-corrected chi connectivity index (χ1v) is 15.2. The summed E-state index contributed by atoms with van der Waals surface area (Å²) in [7, 11) is 0. The average Bonchev–Trinajstić information content (AvgIpc) is 3.24. The molecule has 1 aliphatic heterocycles. The predicted octanol–water partition coefficient (Wildman–Crippen LogP) is 8.81. The highest BCUT2D eigenvalue weighted by atomic mass is 127. The molecule has 0 aromatic heterocycles. The number of imide groups is 1. The summed E-state index contributed by atoms with van der Waals surface area (Å²) in [6, 6.07) is 32.3. The Bertz CT molecular complexity index is 1830. The topological polar surface area (TPSA) is 55.8 Å². The number of ether oxygens (including phenoxy) is 2. The van der Waals surface area contributed by atoms with Gasteiger partial charge in [0.25, 0.3) is 11.1 Å². The van der Waals surface area contributed by atoms with Crippen molar-refractivity contribution >= 4 is 73.1 Å². The number of hydrogen-bond donors (Lipinski definition) is 0. The zero-order valence-corrected chi connectivity index (χ0v) is 25.3. The second kappa shape index (κ2) is 12.0. The molecule has 0 bridgehead atoms. The van der Waals surface area contributed by atoms with E-state index >= 15 is 0 Å². The van der Waals surface area contributed by atoms with Crippen LogP contribution in [-0.2, 0) is 17.9 Å². The molecule has 5 aromatic carbocycles. The maximum Gasteiger partial charge on any atom is 0.293 e. The molecule has 0 atom stereocenters. The Morgan fingerprint density at radius 3 is 2.41 bits per heavy atom. The van der Waals surface area contributed by atoms with E-state index in [2.05, 4.69) is 52.9 Å². The minimum atomic E-state index is -0.294. The van der Waals surface area contributed by atoms with E-state index in [9.17, 15) is 9.59 Å². The third-order valence-corrected chi connectivity index (χ3v) is 8.62. The maximum atomic E-state index is 13.3. The molecule has 1 fully saturated rings. The van der Waals surface area contributed by atoms with Crippen LogP contribution < -0.4 is 9.47 Å². The number of halogens is 1. The zero-order chi connectivity index (χ0) is 28.3. The van der Waals surface area contributed by atoms with Crippen LogP contribution in [0.25, 0.3) is 27.6 Å². The van der Waals surface area contributed by atoms with E-state index < -0.39 is 0 Å². The zero-order valence-electron chi connectivity index (χ0n) is 22.3. The van der Waals surface area contributed by atoms with E-state index in [1.165, 1.54) is 10.3 Å². The Balaban J connectivity index is 1.23. The third kappa shape index (κ3) is 5.83. The fraction of sp³-hybridized carbons (Fsp3) is 0.118. The van der Waals surface area contributed by atoms with Gasteiger partial charge >= 0.3 is 0 Å². The van der Waals surface area contributed by atoms with Crippen molar-refractivity contribution in [3.8, 4) is 11.5 Å². The van der Waals surface area contributed by atoms with Crippen molar-refractivity contribution in [2.24, 2.45) is 0 Å². The second-order valence-corrected chi connectivity index (χ2v) is 11.8. The molecule has 41 heavy (non-hydrogen) atoms. The highest BCUT2D eigenvalue weighted by molar-refractivity contribution is 14.1. The van der Waals surface area contributed by atoms with Gasteiger partial charge in [-0.3, -0.25) is 14.5 Å². The van der Waals surface area contributed by atoms with Gasteiger partial charge in [0.15, 0.2) is 11.5 Å². The Morgan fingerprint density at radius 1 is 0.829 bits per heavy atom. The summed E-state index contributed by atoms with van der Waals surface area (Å²) in [5, 5.41) is 4.19. The fourth-order valence-electron chi connectivity index (χ4n) is 4.95. The number of benzene rings is 5. The molecule has 0 radical (unpaired) electrons. The molecule has 1 aliphatic rings.